The molecule has 1 aromatic heterocycles. The third-order valence-corrected chi connectivity index (χ3v) is 5.14. The predicted molar refractivity (Wildman–Crippen MR) is 97.8 cm³/mol. The van der Waals surface area contributed by atoms with E-state index in [0.717, 1.165) is 10.8 Å². The van der Waals surface area contributed by atoms with Gasteiger partial charge >= 0.3 is 0 Å². The summed E-state index contributed by atoms with van der Waals surface area (Å²) in [5.74, 6) is -0.239. The lowest BCUT2D eigenvalue weighted by molar-refractivity contribution is -0.890. The highest BCUT2D eigenvalue weighted by atomic mass is 32.1. The van der Waals surface area contributed by atoms with Crippen molar-refractivity contribution in [1.82, 2.24) is 5.32 Å². The fourth-order valence-corrected chi connectivity index (χ4v) is 3.73. The van der Waals surface area contributed by atoms with Crippen LogP contribution in [0.3, 0.4) is 0 Å². The van der Waals surface area contributed by atoms with Crippen LogP contribution < -0.4 is 10.2 Å². The standard InChI is InChI=1S/C19H20N2O2S/c1-21(2)16(18-8-5-9-24-18)12-20-19(23)15-10-13-6-3-4-7-14(13)11-17(15)22/h3-11,16,22H,12H2,1-2H3,(H,20,23)/p+1/t16-/m1/s1. The van der Waals surface area contributed by atoms with Gasteiger partial charge in [0.2, 0.25) is 0 Å². The zero-order valence-electron chi connectivity index (χ0n) is 13.7. The van der Waals surface area contributed by atoms with Crippen molar-refractivity contribution in [3.8, 4) is 5.75 Å². The number of hydrogen-bond donors (Lipinski definition) is 3. The van der Waals surface area contributed by atoms with E-state index in [1.54, 1.807) is 23.5 Å². The van der Waals surface area contributed by atoms with Crippen LogP contribution in [0.25, 0.3) is 10.8 Å². The minimum Gasteiger partial charge on any atom is -0.507 e. The van der Waals surface area contributed by atoms with E-state index in [1.807, 2.05) is 35.7 Å². The van der Waals surface area contributed by atoms with E-state index in [-0.39, 0.29) is 17.7 Å². The molecule has 24 heavy (non-hydrogen) atoms. The number of fused-ring (bicyclic) bond motifs is 1. The van der Waals surface area contributed by atoms with Gasteiger partial charge in [0.15, 0.2) is 0 Å². The Morgan fingerprint density at radius 2 is 1.88 bits per heavy atom. The molecule has 5 heteroatoms. The van der Waals surface area contributed by atoms with Crippen molar-refractivity contribution in [2.75, 3.05) is 20.6 Å². The molecule has 1 amide bonds. The summed E-state index contributed by atoms with van der Waals surface area (Å²) < 4.78 is 0. The van der Waals surface area contributed by atoms with Crippen molar-refractivity contribution in [3.05, 3.63) is 64.4 Å². The first-order chi connectivity index (χ1) is 11.6. The second-order valence-corrected chi connectivity index (χ2v) is 7.05. The monoisotopic (exact) mass is 341 g/mol. The molecule has 0 bridgehead atoms. The molecule has 0 aliphatic rings. The number of amides is 1. The van der Waals surface area contributed by atoms with Crippen LogP contribution in [0.4, 0.5) is 0 Å². The van der Waals surface area contributed by atoms with Crippen LogP contribution in [-0.2, 0) is 0 Å². The molecule has 1 heterocycles. The number of nitrogens with one attached hydrogen (secondary N) is 2. The highest BCUT2D eigenvalue weighted by Gasteiger charge is 2.21. The fourth-order valence-electron chi connectivity index (χ4n) is 2.78. The number of rotatable bonds is 5. The average molecular weight is 341 g/mol. The van der Waals surface area contributed by atoms with Gasteiger partial charge in [-0.15, -0.1) is 11.3 Å². The van der Waals surface area contributed by atoms with Gasteiger partial charge < -0.3 is 15.3 Å². The number of carbonyl (C=O) groups is 1. The molecule has 0 saturated carbocycles. The van der Waals surface area contributed by atoms with Gasteiger partial charge in [-0.05, 0) is 34.4 Å². The van der Waals surface area contributed by atoms with Gasteiger partial charge in [0.25, 0.3) is 5.91 Å². The summed E-state index contributed by atoms with van der Waals surface area (Å²) in [5.41, 5.74) is 0.312. The Bertz CT molecular complexity index is 844. The molecule has 0 spiro atoms. The van der Waals surface area contributed by atoms with Crippen LogP contribution in [0.15, 0.2) is 53.9 Å². The van der Waals surface area contributed by atoms with Gasteiger partial charge in [-0.1, -0.05) is 30.3 Å². The summed E-state index contributed by atoms with van der Waals surface area (Å²) in [5, 5.41) is 17.0. The van der Waals surface area contributed by atoms with Gasteiger partial charge in [0.1, 0.15) is 11.8 Å². The topological polar surface area (TPSA) is 53.8 Å². The third kappa shape index (κ3) is 3.42. The molecule has 0 aliphatic heterocycles. The summed E-state index contributed by atoms with van der Waals surface area (Å²) in [6.07, 6.45) is 0. The van der Waals surface area contributed by atoms with Crippen LogP contribution in [-0.4, -0.2) is 31.7 Å². The van der Waals surface area contributed by atoms with E-state index in [2.05, 4.69) is 25.5 Å². The van der Waals surface area contributed by atoms with Crippen LogP contribution in [0.1, 0.15) is 21.3 Å². The molecule has 2 aromatic carbocycles. The molecule has 0 radical (unpaired) electrons. The first kappa shape index (κ1) is 16.5. The molecule has 0 saturated heterocycles. The Balaban J connectivity index is 1.78. The maximum Gasteiger partial charge on any atom is 0.255 e. The molecule has 4 nitrogen and oxygen atoms in total. The summed E-state index contributed by atoms with van der Waals surface area (Å²) in [6.45, 7) is 0.522. The summed E-state index contributed by atoms with van der Waals surface area (Å²) in [7, 11) is 4.15. The van der Waals surface area contributed by atoms with E-state index < -0.39 is 0 Å². The number of likely N-dealkylation sites (N-methyl/N-ethyl adjacent to an activating group) is 1. The summed E-state index contributed by atoms with van der Waals surface area (Å²) in [6, 6.07) is 15.4. The van der Waals surface area contributed by atoms with Gasteiger partial charge in [0.05, 0.1) is 31.1 Å². The Labute approximate surface area is 145 Å². The molecular weight excluding hydrogens is 320 g/mol. The van der Waals surface area contributed by atoms with Crippen molar-refractivity contribution in [3.63, 3.8) is 0 Å². The minimum absolute atomic E-state index is 0.0103. The van der Waals surface area contributed by atoms with Gasteiger partial charge in [-0.2, -0.15) is 0 Å². The van der Waals surface area contributed by atoms with Crippen molar-refractivity contribution in [1.29, 1.82) is 0 Å². The fraction of sp³-hybridized carbons (Fsp3) is 0.211. The lowest BCUT2D eigenvalue weighted by atomic mass is 10.1. The number of aromatic hydroxyl groups is 1. The van der Waals surface area contributed by atoms with E-state index in [0.29, 0.717) is 12.1 Å². The normalized spacial score (nSPS) is 12.5. The lowest BCUT2D eigenvalue weighted by Crippen LogP contribution is -3.06. The smallest absolute Gasteiger partial charge is 0.255 e. The third-order valence-electron chi connectivity index (χ3n) is 4.16. The van der Waals surface area contributed by atoms with Crippen LogP contribution in [0, 0.1) is 0 Å². The van der Waals surface area contributed by atoms with Crippen LogP contribution >= 0.6 is 11.3 Å². The average Bonchev–Trinajstić information content (AvgIpc) is 3.08. The second-order valence-electron chi connectivity index (χ2n) is 6.07. The van der Waals surface area contributed by atoms with E-state index >= 15 is 0 Å². The maximum absolute atomic E-state index is 12.5. The number of benzene rings is 2. The number of phenolic OH excluding ortho intramolecular Hbond substituents is 1. The Morgan fingerprint density at radius 3 is 2.50 bits per heavy atom. The van der Waals surface area contributed by atoms with Crippen molar-refractivity contribution in [2.45, 2.75) is 6.04 Å². The second kappa shape index (κ2) is 7.03. The summed E-state index contributed by atoms with van der Waals surface area (Å²) >= 11 is 1.69. The summed E-state index contributed by atoms with van der Waals surface area (Å²) in [4.78, 5) is 15.0. The van der Waals surface area contributed by atoms with Crippen molar-refractivity contribution < 1.29 is 14.8 Å². The minimum atomic E-state index is -0.249. The molecular formula is C19H21N2O2S+. The first-order valence-corrected chi connectivity index (χ1v) is 8.77. The molecule has 3 rings (SSSR count). The van der Waals surface area contributed by atoms with E-state index in [9.17, 15) is 9.90 Å². The molecule has 0 unspecified atom stereocenters. The SMILES string of the molecule is C[NH+](C)[C@H](CNC(=O)c1cc2ccccc2cc1O)c1cccs1. The number of thiophene rings is 1. The quantitative estimate of drug-likeness (QED) is 0.666. The largest absolute Gasteiger partial charge is 0.507 e. The maximum atomic E-state index is 12.5. The van der Waals surface area contributed by atoms with Crippen molar-refractivity contribution >= 4 is 28.0 Å². The molecule has 124 valence electrons. The Hall–Kier alpha value is -2.37. The zero-order chi connectivity index (χ0) is 17.1. The molecule has 3 N–H and O–H groups in total. The van der Waals surface area contributed by atoms with Gasteiger partial charge in [0, 0.05) is 0 Å². The number of carbonyl (C=O) groups excluding carboxylic acids is 1. The first-order valence-electron chi connectivity index (χ1n) is 7.89. The van der Waals surface area contributed by atoms with Crippen LogP contribution in [0.5, 0.6) is 5.75 Å². The van der Waals surface area contributed by atoms with Crippen molar-refractivity contribution in [2.24, 2.45) is 0 Å². The number of quaternary nitrogens is 1. The molecule has 1 atom stereocenters. The molecule has 0 aliphatic carbocycles. The zero-order valence-corrected chi connectivity index (χ0v) is 14.6. The van der Waals surface area contributed by atoms with Crippen LogP contribution in [0.2, 0.25) is 0 Å². The number of phenols is 1. The molecule has 3 aromatic rings. The highest BCUT2D eigenvalue weighted by molar-refractivity contribution is 7.10. The highest BCUT2D eigenvalue weighted by Crippen LogP contribution is 2.25. The Kier molecular flexibility index (Phi) is 4.83. The molecule has 0 fully saturated rings. The van der Waals surface area contributed by atoms with Gasteiger partial charge in [-0.25, -0.2) is 0 Å². The van der Waals surface area contributed by atoms with E-state index in [4.69, 9.17) is 0 Å². The lowest BCUT2D eigenvalue weighted by Gasteiger charge is -2.20. The van der Waals surface area contributed by atoms with Gasteiger partial charge in [-0.3, -0.25) is 4.79 Å². The predicted octanol–water partition coefficient (Wildman–Crippen LogP) is 2.22. The van der Waals surface area contributed by atoms with E-state index in [1.165, 1.54) is 9.78 Å². The number of hydrogen-bond acceptors (Lipinski definition) is 3. The Morgan fingerprint density at radius 1 is 1.17 bits per heavy atom.